The van der Waals surface area contributed by atoms with E-state index in [9.17, 15) is 9.59 Å². The molecule has 0 fully saturated rings. The van der Waals surface area contributed by atoms with E-state index >= 15 is 0 Å². The molecule has 2 N–H and O–H groups in total. The molecule has 0 spiro atoms. The van der Waals surface area contributed by atoms with Crippen molar-refractivity contribution in [1.29, 1.82) is 0 Å². The van der Waals surface area contributed by atoms with Crippen LogP contribution in [0.4, 0.5) is 5.69 Å². The fraction of sp³-hybridized carbons (Fsp3) is 0.250. The highest BCUT2D eigenvalue weighted by molar-refractivity contribution is 7.99. The van der Waals surface area contributed by atoms with E-state index in [1.165, 1.54) is 17.8 Å². The topological polar surface area (TPSA) is 88.9 Å². The van der Waals surface area contributed by atoms with Gasteiger partial charge in [0.25, 0.3) is 5.91 Å². The third-order valence-corrected chi connectivity index (χ3v) is 6.89. The van der Waals surface area contributed by atoms with Gasteiger partial charge in [0.15, 0.2) is 11.0 Å². The minimum atomic E-state index is -0.478. The van der Waals surface area contributed by atoms with Crippen LogP contribution in [0.25, 0.3) is 0 Å². The molecule has 0 aliphatic heterocycles. The van der Waals surface area contributed by atoms with Crippen LogP contribution < -0.4 is 10.6 Å². The molecule has 7 nitrogen and oxygen atoms in total. The van der Waals surface area contributed by atoms with Gasteiger partial charge in [-0.2, -0.15) is 0 Å². The lowest BCUT2D eigenvalue weighted by molar-refractivity contribution is -0.113. The predicted molar refractivity (Wildman–Crippen MR) is 148 cm³/mol. The molecule has 3 aromatic rings. The third-order valence-electron chi connectivity index (χ3n) is 4.94. The Morgan fingerprint density at radius 2 is 1.75 bits per heavy atom. The van der Waals surface area contributed by atoms with Crippen molar-refractivity contribution in [2.45, 2.75) is 31.6 Å². The van der Waals surface area contributed by atoms with Crippen molar-refractivity contribution < 1.29 is 9.59 Å². The van der Waals surface area contributed by atoms with E-state index in [1.807, 2.05) is 18.4 Å². The molecule has 0 saturated carbocycles. The minimum absolute atomic E-state index is 0.0264. The molecule has 12 heteroatoms. The monoisotopic (exact) mass is 585 g/mol. The molecule has 1 atom stereocenters. The largest absolute Gasteiger partial charge is 0.342 e. The zero-order chi connectivity index (χ0) is 26.4. The Morgan fingerprint density at radius 3 is 2.36 bits per heavy atom. The van der Waals surface area contributed by atoms with Gasteiger partial charge in [-0.25, -0.2) is 0 Å². The van der Waals surface area contributed by atoms with Crippen molar-refractivity contribution in [3.05, 3.63) is 80.5 Å². The highest BCUT2D eigenvalue weighted by Crippen LogP contribution is 2.28. The number of allylic oxidation sites excluding steroid dienone is 1. The maximum Gasteiger partial charge on any atom is 0.253 e. The number of aromatic nitrogens is 3. The maximum absolute atomic E-state index is 13.0. The Labute approximate surface area is 233 Å². The van der Waals surface area contributed by atoms with Gasteiger partial charge >= 0.3 is 0 Å². The number of nitrogens with zero attached hydrogens (tertiary/aromatic N) is 3. The van der Waals surface area contributed by atoms with Crippen LogP contribution in [0.1, 0.15) is 36.1 Å². The molecule has 0 aliphatic carbocycles. The summed E-state index contributed by atoms with van der Waals surface area (Å²) in [7, 11) is 0. The number of nitrogens with one attached hydrogen (secondary N) is 2. The average molecular weight is 587 g/mol. The Morgan fingerprint density at radius 1 is 1.06 bits per heavy atom. The number of carbonyl (C=O) groups excluding carboxylic acids is 2. The highest BCUT2D eigenvalue weighted by atomic mass is 35.5. The van der Waals surface area contributed by atoms with Crippen molar-refractivity contribution in [3.8, 4) is 0 Å². The molecule has 2 amide bonds. The second kappa shape index (κ2) is 12.8. The van der Waals surface area contributed by atoms with Crippen LogP contribution >= 0.6 is 58.2 Å². The number of benzene rings is 2. The number of carbonyl (C=O) groups is 2. The Bertz CT molecular complexity index is 1260. The SMILES string of the molecule is C=CCn1c(SCC(=O)Nc2cc(Cl)cc(Cl)c2)nnc1[C@@H](NC(=O)c1ccc(Cl)cc1Cl)C(C)C. The van der Waals surface area contributed by atoms with Crippen LogP contribution in [0, 0.1) is 5.92 Å². The van der Waals surface area contributed by atoms with Crippen molar-refractivity contribution in [3.63, 3.8) is 0 Å². The summed E-state index contributed by atoms with van der Waals surface area (Å²) in [6, 6.07) is 9.00. The Kier molecular flexibility index (Phi) is 10.1. The molecule has 0 radical (unpaired) electrons. The lowest BCUT2D eigenvalue weighted by Gasteiger charge is -2.23. The zero-order valence-corrected chi connectivity index (χ0v) is 23.2. The molecule has 0 unspecified atom stereocenters. The molecular weight excluding hydrogens is 564 g/mol. The standard InChI is InChI=1S/C24H23Cl4N5O2S/c1-4-7-33-22(21(13(2)3)30-23(35)18-6-5-14(25)11-19(18)28)31-32-24(33)36-12-20(34)29-17-9-15(26)8-16(27)10-17/h4-6,8-11,13,21H,1,7,12H2,2-3H3,(H,29,34)(H,30,35)/t21-/m0/s1. The van der Waals surface area contributed by atoms with Crippen molar-refractivity contribution >= 4 is 75.7 Å². The molecule has 36 heavy (non-hydrogen) atoms. The van der Waals surface area contributed by atoms with Gasteiger partial charge in [0.2, 0.25) is 5.91 Å². The Hall–Kier alpha value is -2.23. The van der Waals surface area contributed by atoms with E-state index in [0.717, 1.165) is 0 Å². The van der Waals surface area contributed by atoms with Gasteiger partial charge in [-0.1, -0.05) is 78.1 Å². The molecule has 1 aromatic heterocycles. The van der Waals surface area contributed by atoms with E-state index in [0.29, 0.717) is 43.8 Å². The van der Waals surface area contributed by atoms with Gasteiger partial charge in [0.1, 0.15) is 0 Å². The fourth-order valence-electron chi connectivity index (χ4n) is 3.31. The van der Waals surface area contributed by atoms with E-state index in [1.54, 1.807) is 36.4 Å². The van der Waals surface area contributed by atoms with Gasteiger partial charge in [0, 0.05) is 27.3 Å². The predicted octanol–water partition coefficient (Wildman–Crippen LogP) is 6.94. The minimum Gasteiger partial charge on any atom is -0.342 e. The molecule has 3 rings (SSSR count). The lowest BCUT2D eigenvalue weighted by atomic mass is 10.0. The summed E-state index contributed by atoms with van der Waals surface area (Å²) in [4.78, 5) is 25.5. The van der Waals surface area contributed by atoms with Gasteiger partial charge in [0.05, 0.1) is 22.4 Å². The summed E-state index contributed by atoms with van der Waals surface area (Å²) in [6.45, 7) is 8.11. The third kappa shape index (κ3) is 7.40. The van der Waals surface area contributed by atoms with Crippen LogP contribution in [-0.2, 0) is 11.3 Å². The molecule has 190 valence electrons. The molecule has 0 bridgehead atoms. The van der Waals surface area contributed by atoms with Crippen LogP contribution in [-0.4, -0.2) is 32.3 Å². The maximum atomic E-state index is 13.0. The number of thioether (sulfide) groups is 1. The number of halogens is 4. The summed E-state index contributed by atoms with van der Waals surface area (Å²) in [5.74, 6) is -0.0517. The smallest absolute Gasteiger partial charge is 0.253 e. The van der Waals surface area contributed by atoms with Gasteiger partial charge in [-0.05, 0) is 42.3 Å². The summed E-state index contributed by atoms with van der Waals surface area (Å²) in [6.07, 6.45) is 1.69. The number of amides is 2. The van der Waals surface area contributed by atoms with E-state index in [-0.39, 0.29) is 28.5 Å². The molecular formula is C24H23Cl4N5O2S. The first-order valence-electron chi connectivity index (χ1n) is 10.8. The van der Waals surface area contributed by atoms with Crippen LogP contribution in [0.3, 0.4) is 0 Å². The summed E-state index contributed by atoms with van der Waals surface area (Å²) in [5.41, 5.74) is 0.795. The Balaban J connectivity index is 1.77. The number of hydrogen-bond donors (Lipinski definition) is 2. The second-order valence-corrected chi connectivity index (χ2v) is 10.7. The fourth-order valence-corrected chi connectivity index (χ4v) is 5.09. The molecule has 0 aliphatic rings. The van der Waals surface area contributed by atoms with Crippen molar-refractivity contribution in [2.75, 3.05) is 11.1 Å². The quantitative estimate of drug-likeness (QED) is 0.198. The summed E-state index contributed by atoms with van der Waals surface area (Å²) >= 11 is 25.4. The number of anilines is 1. The van der Waals surface area contributed by atoms with E-state index in [4.69, 9.17) is 46.4 Å². The first-order chi connectivity index (χ1) is 17.1. The van der Waals surface area contributed by atoms with E-state index in [2.05, 4.69) is 27.4 Å². The van der Waals surface area contributed by atoms with Gasteiger partial charge in [-0.3, -0.25) is 9.59 Å². The van der Waals surface area contributed by atoms with Crippen LogP contribution in [0.2, 0.25) is 20.1 Å². The summed E-state index contributed by atoms with van der Waals surface area (Å²) in [5, 5.41) is 16.4. The normalized spacial score (nSPS) is 11.9. The zero-order valence-electron chi connectivity index (χ0n) is 19.4. The lowest BCUT2D eigenvalue weighted by Crippen LogP contribution is -2.34. The van der Waals surface area contributed by atoms with E-state index < -0.39 is 6.04 Å². The average Bonchev–Trinajstić information content (AvgIpc) is 3.17. The number of rotatable bonds is 10. The number of hydrogen-bond acceptors (Lipinski definition) is 5. The van der Waals surface area contributed by atoms with Crippen molar-refractivity contribution in [1.82, 2.24) is 20.1 Å². The first-order valence-corrected chi connectivity index (χ1v) is 13.3. The van der Waals surface area contributed by atoms with Crippen LogP contribution in [0.5, 0.6) is 0 Å². The van der Waals surface area contributed by atoms with Gasteiger partial charge in [-0.15, -0.1) is 16.8 Å². The molecule has 1 heterocycles. The highest BCUT2D eigenvalue weighted by Gasteiger charge is 2.27. The molecule has 2 aromatic carbocycles. The van der Waals surface area contributed by atoms with Crippen molar-refractivity contribution in [2.24, 2.45) is 5.92 Å². The second-order valence-electron chi connectivity index (χ2n) is 8.05. The first kappa shape index (κ1) is 28.3. The summed E-state index contributed by atoms with van der Waals surface area (Å²) < 4.78 is 1.82. The van der Waals surface area contributed by atoms with Gasteiger partial charge < -0.3 is 15.2 Å². The molecule has 0 saturated heterocycles. The van der Waals surface area contributed by atoms with Crippen LogP contribution in [0.15, 0.2) is 54.2 Å².